The number of aryl methyl sites for hydroxylation is 1. The van der Waals surface area contributed by atoms with Gasteiger partial charge < -0.3 is 24.7 Å². The lowest BCUT2D eigenvalue weighted by Crippen LogP contribution is -2.57. The molecule has 1 aliphatic heterocycles. The molecule has 0 aromatic carbocycles. The number of nitrogens with one attached hydrogen (secondary N) is 2. The number of carbonyl (C=O) groups is 2. The molecule has 0 unspecified atom stereocenters. The predicted octanol–water partition coefficient (Wildman–Crippen LogP) is 3.41. The molecule has 1 saturated heterocycles. The molecule has 2 amide bonds. The van der Waals surface area contributed by atoms with Gasteiger partial charge in [-0.05, 0) is 39.5 Å². The van der Waals surface area contributed by atoms with Crippen LogP contribution in [0.25, 0.3) is 0 Å². The fourth-order valence-corrected chi connectivity index (χ4v) is 3.29. The van der Waals surface area contributed by atoms with Crippen molar-refractivity contribution in [2.75, 3.05) is 19.7 Å². The Morgan fingerprint density at radius 3 is 2.62 bits per heavy atom. The van der Waals surface area contributed by atoms with E-state index in [0.717, 1.165) is 5.69 Å². The summed E-state index contributed by atoms with van der Waals surface area (Å²) in [5, 5.41) is 3.30. The lowest BCUT2D eigenvalue weighted by molar-refractivity contribution is -0.0399. The normalized spacial score (nSPS) is 20.1. The molecule has 1 aromatic heterocycles. The van der Waals surface area contributed by atoms with Gasteiger partial charge in [-0.3, -0.25) is 4.79 Å². The molecule has 0 spiro atoms. The summed E-state index contributed by atoms with van der Waals surface area (Å²) in [6.07, 6.45) is 0.514. The number of ether oxygens (including phenoxy) is 2. The third-order valence-corrected chi connectivity index (χ3v) is 4.78. The zero-order valence-corrected chi connectivity index (χ0v) is 18.9. The summed E-state index contributed by atoms with van der Waals surface area (Å²) in [6.45, 7) is 12.9. The van der Waals surface area contributed by atoms with Gasteiger partial charge >= 0.3 is 6.09 Å². The lowest BCUT2D eigenvalue weighted by Gasteiger charge is -2.39. The molecule has 0 aliphatic carbocycles. The van der Waals surface area contributed by atoms with Crippen molar-refractivity contribution in [1.82, 2.24) is 20.2 Å². The first-order valence-corrected chi connectivity index (χ1v) is 10.5. The maximum atomic E-state index is 12.7. The van der Waals surface area contributed by atoms with Crippen LogP contribution in [-0.2, 0) is 15.9 Å². The summed E-state index contributed by atoms with van der Waals surface area (Å²) >= 11 is 6.05. The maximum absolute atomic E-state index is 12.7. The van der Waals surface area contributed by atoms with Crippen molar-refractivity contribution in [3.63, 3.8) is 0 Å². The number of aromatic nitrogens is 2. The summed E-state index contributed by atoms with van der Waals surface area (Å²) in [4.78, 5) is 33.8. The van der Waals surface area contributed by atoms with Gasteiger partial charge in [0.15, 0.2) is 11.0 Å². The zero-order valence-electron chi connectivity index (χ0n) is 18.2. The molecule has 0 saturated carbocycles. The Kier molecular flexibility index (Phi) is 7.94. The van der Waals surface area contributed by atoms with E-state index in [4.69, 9.17) is 21.1 Å². The van der Waals surface area contributed by atoms with Gasteiger partial charge in [-0.15, -0.1) is 0 Å². The van der Waals surface area contributed by atoms with Crippen molar-refractivity contribution in [2.24, 2.45) is 5.92 Å². The SMILES string of the molecule is CCc1[nH]c(C(=O)N[C@@H]2CCN(C(=O)OC(C)(C)C)C[C@@H]2OCC(C)C)nc1Cl. The zero-order chi connectivity index (χ0) is 21.8. The number of piperidine rings is 1. The number of hydrogen-bond donors (Lipinski definition) is 2. The number of hydrogen-bond acceptors (Lipinski definition) is 5. The molecule has 164 valence electrons. The van der Waals surface area contributed by atoms with Gasteiger partial charge in [0.25, 0.3) is 5.91 Å². The topological polar surface area (TPSA) is 96.6 Å². The molecule has 0 radical (unpaired) electrons. The fraction of sp³-hybridized carbons (Fsp3) is 0.750. The fourth-order valence-electron chi connectivity index (χ4n) is 3.03. The second kappa shape index (κ2) is 9.80. The number of imidazole rings is 1. The summed E-state index contributed by atoms with van der Waals surface area (Å²) in [5.41, 5.74) is 0.163. The van der Waals surface area contributed by atoms with Crippen molar-refractivity contribution in [2.45, 2.75) is 72.1 Å². The van der Waals surface area contributed by atoms with E-state index in [1.807, 2.05) is 27.7 Å². The minimum absolute atomic E-state index is 0.184. The largest absolute Gasteiger partial charge is 0.444 e. The van der Waals surface area contributed by atoms with Crippen LogP contribution >= 0.6 is 11.6 Å². The Bertz CT molecular complexity index is 714. The number of H-pyrrole nitrogens is 1. The number of halogens is 1. The first-order chi connectivity index (χ1) is 13.5. The molecule has 2 N–H and O–H groups in total. The minimum atomic E-state index is -0.564. The van der Waals surface area contributed by atoms with Crippen LogP contribution in [-0.4, -0.2) is 64.3 Å². The number of aromatic amines is 1. The van der Waals surface area contributed by atoms with E-state index in [2.05, 4.69) is 29.1 Å². The van der Waals surface area contributed by atoms with E-state index in [9.17, 15) is 9.59 Å². The predicted molar refractivity (Wildman–Crippen MR) is 111 cm³/mol. The van der Waals surface area contributed by atoms with E-state index in [1.54, 1.807) is 4.90 Å². The second-order valence-electron chi connectivity index (χ2n) is 8.77. The van der Waals surface area contributed by atoms with Crippen molar-refractivity contribution < 1.29 is 19.1 Å². The van der Waals surface area contributed by atoms with Crippen molar-refractivity contribution >= 4 is 23.6 Å². The Balaban J connectivity index is 2.07. The van der Waals surface area contributed by atoms with Crippen LogP contribution in [0.2, 0.25) is 5.15 Å². The Morgan fingerprint density at radius 2 is 2.07 bits per heavy atom. The van der Waals surface area contributed by atoms with Crippen LogP contribution in [0.4, 0.5) is 4.79 Å². The van der Waals surface area contributed by atoms with Gasteiger partial charge in [0.1, 0.15) is 5.60 Å². The van der Waals surface area contributed by atoms with Crippen LogP contribution < -0.4 is 5.32 Å². The van der Waals surface area contributed by atoms with Crippen molar-refractivity contribution in [3.05, 3.63) is 16.7 Å². The molecule has 1 aromatic rings. The summed E-state index contributed by atoms with van der Waals surface area (Å²) in [6, 6.07) is -0.242. The van der Waals surface area contributed by atoms with Crippen LogP contribution in [0.5, 0.6) is 0 Å². The van der Waals surface area contributed by atoms with Crippen LogP contribution in [0.15, 0.2) is 0 Å². The molecule has 8 nitrogen and oxygen atoms in total. The first-order valence-electron chi connectivity index (χ1n) is 10.1. The number of nitrogens with zero attached hydrogens (tertiary/aromatic N) is 2. The molecule has 0 bridgehead atoms. The van der Waals surface area contributed by atoms with Crippen LogP contribution in [0, 0.1) is 5.92 Å². The standard InChI is InChI=1S/C20H33ClN4O4/c1-7-13-16(21)24-17(22-13)18(26)23-14-8-9-25(19(27)29-20(4,5)6)10-15(14)28-11-12(2)3/h12,14-15H,7-11H2,1-6H3,(H,22,24)(H,23,26)/t14-,15+/m1/s1. The van der Waals surface area contributed by atoms with Gasteiger partial charge in [0.05, 0.1) is 24.4 Å². The van der Waals surface area contributed by atoms with Gasteiger partial charge in [0.2, 0.25) is 0 Å². The van der Waals surface area contributed by atoms with Crippen molar-refractivity contribution in [1.29, 1.82) is 0 Å². The molecule has 2 heterocycles. The summed E-state index contributed by atoms with van der Waals surface area (Å²) in [5.74, 6) is 0.184. The first kappa shape index (κ1) is 23.5. The number of likely N-dealkylation sites (tertiary alicyclic amines) is 1. The lowest BCUT2D eigenvalue weighted by atomic mass is 10.0. The van der Waals surface area contributed by atoms with Gasteiger partial charge in [0, 0.05) is 13.2 Å². The molecule has 29 heavy (non-hydrogen) atoms. The summed E-state index contributed by atoms with van der Waals surface area (Å²) in [7, 11) is 0. The number of carbonyl (C=O) groups excluding carboxylic acids is 2. The van der Waals surface area contributed by atoms with Crippen LogP contribution in [0.3, 0.4) is 0 Å². The molecular weight excluding hydrogens is 396 g/mol. The highest BCUT2D eigenvalue weighted by molar-refractivity contribution is 6.30. The molecule has 1 fully saturated rings. The van der Waals surface area contributed by atoms with E-state index in [-0.39, 0.29) is 30.0 Å². The van der Waals surface area contributed by atoms with Gasteiger partial charge in [-0.1, -0.05) is 32.4 Å². The average Bonchev–Trinajstić information content (AvgIpc) is 3.00. The van der Waals surface area contributed by atoms with Crippen LogP contribution in [0.1, 0.15) is 64.3 Å². The quantitative estimate of drug-likeness (QED) is 0.723. The molecule has 1 aliphatic rings. The highest BCUT2D eigenvalue weighted by Gasteiger charge is 2.35. The third kappa shape index (κ3) is 6.89. The highest BCUT2D eigenvalue weighted by Crippen LogP contribution is 2.20. The van der Waals surface area contributed by atoms with E-state index in [0.29, 0.717) is 43.6 Å². The molecule has 2 rings (SSSR count). The van der Waals surface area contributed by atoms with Gasteiger partial charge in [-0.25, -0.2) is 9.78 Å². The highest BCUT2D eigenvalue weighted by atomic mass is 35.5. The Hall–Kier alpha value is -1.80. The molecular formula is C20H33ClN4O4. The minimum Gasteiger partial charge on any atom is -0.444 e. The number of rotatable bonds is 6. The third-order valence-electron chi connectivity index (χ3n) is 4.47. The van der Waals surface area contributed by atoms with Crippen molar-refractivity contribution in [3.8, 4) is 0 Å². The molecule has 2 atom stereocenters. The van der Waals surface area contributed by atoms with E-state index in [1.165, 1.54) is 0 Å². The Morgan fingerprint density at radius 1 is 1.38 bits per heavy atom. The van der Waals surface area contributed by atoms with E-state index < -0.39 is 5.60 Å². The monoisotopic (exact) mass is 428 g/mol. The average molecular weight is 429 g/mol. The number of amides is 2. The Labute approximate surface area is 177 Å². The van der Waals surface area contributed by atoms with Gasteiger partial charge in [-0.2, -0.15) is 0 Å². The molecule has 9 heteroatoms. The second-order valence-corrected chi connectivity index (χ2v) is 9.13. The smallest absolute Gasteiger partial charge is 0.410 e. The maximum Gasteiger partial charge on any atom is 0.410 e. The summed E-state index contributed by atoms with van der Waals surface area (Å²) < 4.78 is 11.5. The van der Waals surface area contributed by atoms with E-state index >= 15 is 0 Å².